The van der Waals surface area contributed by atoms with Crippen molar-refractivity contribution in [3.8, 4) is 0 Å². The number of rotatable bonds is 1. The van der Waals surface area contributed by atoms with Crippen LogP contribution in [0, 0.1) is 28.1 Å². The third kappa shape index (κ3) is 2.69. The van der Waals surface area contributed by atoms with Crippen LogP contribution in [-0.2, 0) is 0 Å². The summed E-state index contributed by atoms with van der Waals surface area (Å²) in [5, 5.41) is 31.7. The van der Waals surface area contributed by atoms with E-state index in [0.29, 0.717) is 15.8 Å². The molecule has 4 heteroatoms. The SMILES string of the molecule is C[C@]12CC[C@@H]3[C@](C)(CO)[C@@H](O)CC[C@@]3(C)[C@@H]1CC[C@H](I)[C@](C)(O)C2. The van der Waals surface area contributed by atoms with Gasteiger partial charge in [0.05, 0.1) is 18.3 Å². The number of aliphatic hydroxyl groups is 3. The highest BCUT2D eigenvalue weighted by atomic mass is 127. The molecule has 0 spiro atoms. The summed E-state index contributed by atoms with van der Waals surface area (Å²) >= 11 is 2.44. The first-order valence-electron chi connectivity index (χ1n) is 9.65. The van der Waals surface area contributed by atoms with Crippen LogP contribution in [0.5, 0.6) is 0 Å². The van der Waals surface area contributed by atoms with Gasteiger partial charge in [0.1, 0.15) is 0 Å². The molecule has 0 aromatic carbocycles. The van der Waals surface area contributed by atoms with Crippen LogP contribution < -0.4 is 0 Å². The maximum absolute atomic E-state index is 11.0. The maximum Gasteiger partial charge on any atom is 0.0742 e. The summed E-state index contributed by atoms with van der Waals surface area (Å²) in [5.41, 5.74) is -0.664. The van der Waals surface area contributed by atoms with Gasteiger partial charge in [-0.2, -0.15) is 0 Å². The van der Waals surface area contributed by atoms with Crippen molar-refractivity contribution in [2.24, 2.45) is 28.1 Å². The number of hydrogen-bond acceptors (Lipinski definition) is 3. The Balaban J connectivity index is 2.00. The van der Waals surface area contributed by atoms with Gasteiger partial charge in [-0.25, -0.2) is 0 Å². The van der Waals surface area contributed by atoms with Crippen LogP contribution in [0.2, 0.25) is 0 Å². The molecule has 8 atom stereocenters. The van der Waals surface area contributed by atoms with E-state index in [2.05, 4.69) is 43.4 Å². The highest BCUT2D eigenvalue weighted by Crippen LogP contribution is 2.67. The van der Waals surface area contributed by atoms with E-state index < -0.39 is 11.7 Å². The van der Waals surface area contributed by atoms with Crippen LogP contribution in [0.4, 0.5) is 0 Å². The Labute approximate surface area is 160 Å². The van der Waals surface area contributed by atoms with E-state index >= 15 is 0 Å². The summed E-state index contributed by atoms with van der Waals surface area (Å²) in [7, 11) is 0. The normalized spacial score (nSPS) is 58.5. The first-order chi connectivity index (χ1) is 11.0. The molecule has 3 aliphatic carbocycles. The fourth-order valence-electron chi connectivity index (χ4n) is 7.12. The molecule has 0 radical (unpaired) electrons. The van der Waals surface area contributed by atoms with Crippen molar-refractivity contribution in [3.63, 3.8) is 0 Å². The fourth-order valence-corrected chi connectivity index (χ4v) is 7.70. The smallest absolute Gasteiger partial charge is 0.0742 e. The summed E-state index contributed by atoms with van der Waals surface area (Å²) in [5.74, 6) is 0.931. The van der Waals surface area contributed by atoms with E-state index in [1.54, 1.807) is 0 Å². The van der Waals surface area contributed by atoms with Crippen molar-refractivity contribution in [2.45, 2.75) is 88.3 Å². The molecule has 3 saturated carbocycles. The lowest BCUT2D eigenvalue weighted by molar-refractivity contribution is -0.194. The Kier molecular flexibility index (Phi) is 4.90. The molecule has 3 aliphatic rings. The standard InChI is InChI=1S/C20H35IO3/c1-17-9-7-14-18(2,10-8-16(23)19(14,3)12-22)13(17)5-6-15(21)20(4,24)11-17/h13-16,22-24H,5-12H2,1-4H3/t13-,14+,15+,16+,17-,18+,19+,20-/m1/s1. The molecule has 3 fully saturated rings. The molecular formula is C20H35IO3. The number of halogens is 1. The highest BCUT2D eigenvalue weighted by Gasteiger charge is 2.63. The van der Waals surface area contributed by atoms with Gasteiger partial charge in [-0.1, -0.05) is 43.4 Å². The van der Waals surface area contributed by atoms with E-state index in [0.717, 1.165) is 44.9 Å². The molecule has 0 heterocycles. The second-order valence-corrected chi connectivity index (χ2v) is 11.6. The van der Waals surface area contributed by atoms with Crippen LogP contribution in [0.1, 0.15) is 72.6 Å². The molecule has 140 valence electrons. The minimum absolute atomic E-state index is 0.0739. The summed E-state index contributed by atoms with van der Waals surface area (Å²) in [6.07, 6.45) is 6.69. The highest BCUT2D eigenvalue weighted by molar-refractivity contribution is 14.1. The predicted octanol–water partition coefficient (Wildman–Crippen LogP) is 3.92. The van der Waals surface area contributed by atoms with Gasteiger partial charge in [-0.05, 0) is 74.5 Å². The molecule has 3 N–H and O–H groups in total. The number of alkyl halides is 1. The second kappa shape index (κ2) is 6.07. The molecule has 0 saturated heterocycles. The second-order valence-electron chi connectivity index (χ2n) is 10.1. The van der Waals surface area contributed by atoms with Gasteiger partial charge in [0.2, 0.25) is 0 Å². The Hall–Kier alpha value is 0.610. The molecule has 24 heavy (non-hydrogen) atoms. The summed E-state index contributed by atoms with van der Waals surface area (Å²) < 4.78 is 0.304. The van der Waals surface area contributed by atoms with Crippen LogP contribution in [-0.4, -0.2) is 37.6 Å². The Morgan fingerprint density at radius 3 is 2.25 bits per heavy atom. The zero-order chi connectivity index (χ0) is 18.0. The number of aliphatic hydroxyl groups excluding tert-OH is 2. The quantitative estimate of drug-likeness (QED) is 0.419. The molecular weight excluding hydrogens is 415 g/mol. The molecule has 0 aromatic rings. The van der Waals surface area contributed by atoms with Gasteiger partial charge >= 0.3 is 0 Å². The lowest BCUT2D eigenvalue weighted by Gasteiger charge is -2.64. The van der Waals surface area contributed by atoms with Crippen LogP contribution in [0.25, 0.3) is 0 Å². The van der Waals surface area contributed by atoms with Crippen molar-refractivity contribution in [2.75, 3.05) is 6.61 Å². The van der Waals surface area contributed by atoms with E-state index in [1.807, 2.05) is 6.92 Å². The topological polar surface area (TPSA) is 60.7 Å². The van der Waals surface area contributed by atoms with Crippen molar-refractivity contribution in [1.82, 2.24) is 0 Å². The monoisotopic (exact) mass is 450 g/mol. The van der Waals surface area contributed by atoms with Gasteiger partial charge in [-0.15, -0.1) is 0 Å². The van der Waals surface area contributed by atoms with Gasteiger partial charge in [0.25, 0.3) is 0 Å². The van der Waals surface area contributed by atoms with Crippen molar-refractivity contribution in [3.05, 3.63) is 0 Å². The van der Waals surface area contributed by atoms with E-state index in [1.165, 1.54) is 0 Å². The lowest BCUT2D eigenvalue weighted by Crippen LogP contribution is -2.60. The van der Waals surface area contributed by atoms with Gasteiger partial charge in [-0.3, -0.25) is 0 Å². The van der Waals surface area contributed by atoms with E-state index in [9.17, 15) is 15.3 Å². The minimum atomic E-state index is -0.596. The van der Waals surface area contributed by atoms with Crippen LogP contribution in [0.15, 0.2) is 0 Å². The van der Waals surface area contributed by atoms with Gasteiger partial charge in [0, 0.05) is 9.34 Å². The maximum atomic E-state index is 11.0. The Morgan fingerprint density at radius 2 is 1.62 bits per heavy atom. The predicted molar refractivity (Wildman–Crippen MR) is 105 cm³/mol. The minimum Gasteiger partial charge on any atom is -0.396 e. The van der Waals surface area contributed by atoms with Crippen LogP contribution in [0.3, 0.4) is 0 Å². The molecule has 0 aromatic heterocycles. The molecule has 0 aliphatic heterocycles. The van der Waals surface area contributed by atoms with Crippen molar-refractivity contribution >= 4 is 22.6 Å². The lowest BCUT2D eigenvalue weighted by atomic mass is 9.41. The zero-order valence-corrected chi connectivity index (χ0v) is 17.8. The summed E-state index contributed by atoms with van der Waals surface area (Å²) in [4.78, 5) is 0. The van der Waals surface area contributed by atoms with Gasteiger partial charge < -0.3 is 15.3 Å². The van der Waals surface area contributed by atoms with Crippen LogP contribution >= 0.6 is 22.6 Å². The van der Waals surface area contributed by atoms with Gasteiger partial charge in [0.15, 0.2) is 0 Å². The number of hydrogen-bond donors (Lipinski definition) is 3. The molecule has 0 unspecified atom stereocenters. The summed E-state index contributed by atoms with van der Waals surface area (Å²) in [6.45, 7) is 9.00. The molecule has 0 amide bonds. The average Bonchev–Trinajstić information content (AvgIpc) is 2.58. The average molecular weight is 450 g/mol. The first kappa shape index (κ1) is 19.4. The number of fused-ring (bicyclic) bond motifs is 3. The fraction of sp³-hybridized carbons (Fsp3) is 1.00. The third-order valence-electron chi connectivity index (χ3n) is 8.44. The van der Waals surface area contributed by atoms with Crippen molar-refractivity contribution in [1.29, 1.82) is 0 Å². The van der Waals surface area contributed by atoms with E-state index in [4.69, 9.17) is 0 Å². The van der Waals surface area contributed by atoms with Crippen molar-refractivity contribution < 1.29 is 15.3 Å². The molecule has 3 rings (SSSR count). The molecule has 0 bridgehead atoms. The first-order valence-corrected chi connectivity index (χ1v) is 10.9. The third-order valence-corrected chi connectivity index (χ3v) is 10.4. The Morgan fingerprint density at radius 1 is 0.958 bits per heavy atom. The Bertz CT molecular complexity index is 495. The summed E-state index contributed by atoms with van der Waals surface area (Å²) in [6, 6.07) is 0. The van der Waals surface area contributed by atoms with E-state index in [-0.39, 0.29) is 22.9 Å². The largest absolute Gasteiger partial charge is 0.396 e. The molecule has 3 nitrogen and oxygen atoms in total. The zero-order valence-electron chi connectivity index (χ0n) is 15.7.